The average molecular weight is 611 g/mol. The van der Waals surface area contributed by atoms with E-state index in [2.05, 4.69) is 58.7 Å². The normalized spacial score (nSPS) is 14.9. The number of nitrogens with zero attached hydrogens (tertiary/aromatic N) is 4. The Morgan fingerprint density at radius 3 is 2.40 bits per heavy atom. The predicted octanol–water partition coefficient (Wildman–Crippen LogP) is 4.76. The Morgan fingerprint density at radius 1 is 1.12 bits per heavy atom. The highest BCUT2D eigenvalue weighted by Crippen LogP contribution is 2.22. The smallest absolute Gasteiger partial charge is 0.241 e. The number of phenols is 1. The van der Waals surface area contributed by atoms with Crippen molar-refractivity contribution in [3.8, 4) is 11.8 Å². The fraction of sp³-hybridized carbons (Fsp3) is 0.545. The Kier molecular flexibility index (Phi) is 16.6. The number of nitrogens with one attached hydrogen (secondary N) is 2. The standard InChI is InChI=1S/C23H40N4OS.C10H10N2O2/c1-5-14-26(3)23(28)22(29-4)7-6-13-24-21-10-8-20(9-11-21)12-15-27-18-16-25(2)17-19-27;1-7(6-11)10(14)12-8-4-2-3-5-9(8)13/h8-11,22,24H,5-7,12-19H2,1-4H3;2-5,7,13H,1H3,(H,12,14). The van der Waals surface area contributed by atoms with Gasteiger partial charge in [-0.2, -0.15) is 17.0 Å². The second kappa shape index (κ2) is 19.8. The number of carbonyl (C=O) groups excluding carboxylic acids is 2. The number of hydrogen-bond acceptors (Lipinski definition) is 8. The Hall–Kier alpha value is -3.26. The first-order valence-corrected chi connectivity index (χ1v) is 16.5. The van der Waals surface area contributed by atoms with Crippen LogP contribution in [0.15, 0.2) is 48.5 Å². The fourth-order valence-electron chi connectivity index (χ4n) is 4.58. The third kappa shape index (κ3) is 13.3. The molecule has 2 amide bonds. The number of nitriles is 1. The van der Waals surface area contributed by atoms with Gasteiger partial charge in [0, 0.05) is 58.5 Å². The van der Waals surface area contributed by atoms with Crippen molar-refractivity contribution in [1.29, 1.82) is 5.26 Å². The molecule has 0 radical (unpaired) electrons. The van der Waals surface area contributed by atoms with Crippen LogP contribution < -0.4 is 10.6 Å². The van der Waals surface area contributed by atoms with Crippen molar-refractivity contribution in [3.05, 3.63) is 54.1 Å². The number of anilines is 2. The van der Waals surface area contributed by atoms with Crippen LogP contribution in [-0.4, -0.2) is 103 Å². The molecule has 0 aliphatic carbocycles. The first-order chi connectivity index (χ1) is 20.7. The zero-order valence-electron chi connectivity index (χ0n) is 26.5. The van der Waals surface area contributed by atoms with Crippen LogP contribution in [-0.2, 0) is 16.0 Å². The molecule has 1 heterocycles. The SMILES string of the molecule is CC(C#N)C(=O)Nc1ccccc1O.CCCN(C)C(=O)C(CCCNc1ccc(CCN2CCN(C)CC2)cc1)SC. The van der Waals surface area contributed by atoms with Gasteiger partial charge < -0.3 is 30.4 Å². The maximum atomic E-state index is 12.4. The van der Waals surface area contributed by atoms with Crippen LogP contribution in [0.4, 0.5) is 11.4 Å². The van der Waals surface area contributed by atoms with Gasteiger partial charge in [-0.05, 0) is 75.7 Å². The summed E-state index contributed by atoms with van der Waals surface area (Å²) in [5, 5.41) is 23.8. The van der Waals surface area contributed by atoms with E-state index in [-0.39, 0.29) is 16.9 Å². The maximum absolute atomic E-state index is 12.4. The molecule has 1 saturated heterocycles. The third-order valence-corrected chi connectivity index (χ3v) is 8.49. The lowest BCUT2D eigenvalue weighted by Crippen LogP contribution is -2.45. The predicted molar refractivity (Wildman–Crippen MR) is 179 cm³/mol. The van der Waals surface area contributed by atoms with Crippen molar-refractivity contribution >= 4 is 35.0 Å². The molecule has 0 aromatic heterocycles. The van der Waals surface area contributed by atoms with Crippen LogP contribution in [0.25, 0.3) is 0 Å². The molecule has 0 saturated carbocycles. The summed E-state index contributed by atoms with van der Waals surface area (Å²) in [4.78, 5) is 30.5. The van der Waals surface area contributed by atoms with E-state index in [0.29, 0.717) is 5.69 Å². The summed E-state index contributed by atoms with van der Waals surface area (Å²) in [7, 11) is 4.12. The van der Waals surface area contributed by atoms with E-state index in [1.807, 2.05) is 24.3 Å². The maximum Gasteiger partial charge on any atom is 0.241 e. The van der Waals surface area contributed by atoms with Gasteiger partial charge in [0.15, 0.2) is 0 Å². The summed E-state index contributed by atoms with van der Waals surface area (Å²) in [5.41, 5.74) is 2.89. The molecular formula is C33H50N6O3S. The van der Waals surface area contributed by atoms with Crippen molar-refractivity contribution in [1.82, 2.24) is 14.7 Å². The Morgan fingerprint density at radius 2 is 1.79 bits per heavy atom. The number of para-hydroxylation sites is 2. The molecule has 3 N–H and O–H groups in total. The minimum atomic E-state index is -0.727. The quantitative estimate of drug-likeness (QED) is 0.207. The number of hydrogen-bond donors (Lipinski definition) is 3. The van der Waals surface area contributed by atoms with Gasteiger partial charge in [-0.3, -0.25) is 9.59 Å². The second-order valence-corrected chi connectivity index (χ2v) is 12.0. The number of likely N-dealkylation sites (N-methyl/N-ethyl adjacent to an activating group) is 1. The highest BCUT2D eigenvalue weighted by atomic mass is 32.2. The van der Waals surface area contributed by atoms with Crippen molar-refractivity contribution in [2.24, 2.45) is 5.92 Å². The van der Waals surface area contributed by atoms with E-state index >= 15 is 0 Å². The number of benzene rings is 2. The Bertz CT molecular complexity index is 1150. The van der Waals surface area contributed by atoms with Gasteiger partial charge in [-0.1, -0.05) is 31.2 Å². The minimum Gasteiger partial charge on any atom is -0.506 e. The average Bonchev–Trinajstić information content (AvgIpc) is 3.02. The van der Waals surface area contributed by atoms with Gasteiger partial charge >= 0.3 is 0 Å². The molecule has 0 spiro atoms. The van der Waals surface area contributed by atoms with E-state index in [0.717, 1.165) is 45.3 Å². The van der Waals surface area contributed by atoms with E-state index in [4.69, 9.17) is 5.26 Å². The van der Waals surface area contributed by atoms with Crippen molar-refractivity contribution in [3.63, 3.8) is 0 Å². The van der Waals surface area contributed by atoms with Crippen LogP contribution in [0.1, 0.15) is 38.7 Å². The molecule has 3 rings (SSSR count). The third-order valence-electron chi connectivity index (χ3n) is 7.48. The molecule has 43 heavy (non-hydrogen) atoms. The molecule has 1 fully saturated rings. The summed E-state index contributed by atoms with van der Waals surface area (Å²) in [6.07, 6.45) is 6.09. The molecule has 9 nitrogen and oxygen atoms in total. The lowest BCUT2D eigenvalue weighted by molar-refractivity contribution is -0.129. The van der Waals surface area contributed by atoms with Crippen LogP contribution in [0.2, 0.25) is 0 Å². The first kappa shape index (κ1) is 35.9. The molecule has 1 aliphatic heterocycles. The molecule has 2 aromatic carbocycles. The fourth-order valence-corrected chi connectivity index (χ4v) is 5.36. The van der Waals surface area contributed by atoms with Crippen molar-refractivity contribution in [2.45, 2.75) is 44.8 Å². The molecule has 2 aromatic rings. The highest BCUT2D eigenvalue weighted by Gasteiger charge is 2.20. The topological polar surface area (TPSA) is 112 Å². The molecule has 0 bridgehead atoms. The van der Waals surface area contributed by atoms with Gasteiger partial charge in [0.05, 0.1) is 17.0 Å². The number of rotatable bonds is 14. The zero-order chi connectivity index (χ0) is 31.6. The van der Waals surface area contributed by atoms with Gasteiger partial charge in [-0.15, -0.1) is 0 Å². The lowest BCUT2D eigenvalue weighted by atomic mass is 10.1. The Balaban J connectivity index is 0.000000385. The highest BCUT2D eigenvalue weighted by molar-refractivity contribution is 7.99. The Labute approximate surface area is 262 Å². The van der Waals surface area contributed by atoms with E-state index in [1.54, 1.807) is 30.0 Å². The number of aromatic hydroxyl groups is 1. The summed E-state index contributed by atoms with van der Waals surface area (Å²) < 4.78 is 0. The summed E-state index contributed by atoms with van der Waals surface area (Å²) >= 11 is 1.67. The van der Waals surface area contributed by atoms with Gasteiger partial charge in [0.2, 0.25) is 11.8 Å². The molecular weight excluding hydrogens is 560 g/mol. The number of phenolic OH excluding ortho intramolecular Hbond substituents is 1. The molecule has 10 heteroatoms. The molecule has 1 aliphatic rings. The second-order valence-electron chi connectivity index (χ2n) is 11.0. The minimum absolute atomic E-state index is 0.00834. The van der Waals surface area contributed by atoms with Gasteiger partial charge in [0.1, 0.15) is 11.7 Å². The van der Waals surface area contributed by atoms with Crippen LogP contribution in [0.3, 0.4) is 0 Å². The molecule has 2 unspecified atom stereocenters. The molecule has 2 atom stereocenters. The number of carbonyl (C=O) groups is 2. The van der Waals surface area contributed by atoms with Gasteiger partial charge in [-0.25, -0.2) is 0 Å². The van der Waals surface area contributed by atoms with E-state index < -0.39 is 11.8 Å². The van der Waals surface area contributed by atoms with Crippen molar-refractivity contribution in [2.75, 3.05) is 76.8 Å². The number of piperazine rings is 1. The summed E-state index contributed by atoms with van der Waals surface area (Å²) in [5.74, 6) is -0.890. The van der Waals surface area contributed by atoms with Crippen LogP contribution in [0, 0.1) is 17.2 Å². The van der Waals surface area contributed by atoms with Crippen LogP contribution >= 0.6 is 11.8 Å². The van der Waals surface area contributed by atoms with E-state index in [1.165, 1.54) is 50.4 Å². The monoisotopic (exact) mass is 610 g/mol. The number of thioether (sulfide) groups is 1. The number of amides is 2. The molecule has 236 valence electrons. The lowest BCUT2D eigenvalue weighted by Gasteiger charge is -2.32. The zero-order valence-corrected chi connectivity index (χ0v) is 27.3. The van der Waals surface area contributed by atoms with Crippen molar-refractivity contribution < 1.29 is 14.7 Å². The van der Waals surface area contributed by atoms with Gasteiger partial charge in [0.25, 0.3) is 0 Å². The largest absolute Gasteiger partial charge is 0.506 e. The van der Waals surface area contributed by atoms with E-state index in [9.17, 15) is 14.7 Å². The summed E-state index contributed by atoms with van der Waals surface area (Å²) in [6.45, 7) is 11.2. The first-order valence-electron chi connectivity index (χ1n) is 15.2. The van der Waals surface area contributed by atoms with Crippen LogP contribution in [0.5, 0.6) is 5.75 Å². The summed E-state index contributed by atoms with van der Waals surface area (Å²) in [6, 6.07) is 17.0.